The zero-order chi connectivity index (χ0) is 9.97. The Labute approximate surface area is 94.5 Å². The topological polar surface area (TPSA) is 15.7 Å². The molecule has 0 radical (unpaired) electrons. The third-order valence-electron chi connectivity index (χ3n) is 3.26. The van der Waals surface area contributed by atoms with Gasteiger partial charge in [0.1, 0.15) is 0 Å². The lowest BCUT2D eigenvalue weighted by molar-refractivity contribution is 0.0777. The van der Waals surface area contributed by atoms with E-state index in [2.05, 4.69) is 25.7 Å². The van der Waals surface area contributed by atoms with Crippen LogP contribution in [-0.4, -0.2) is 67.1 Å². The van der Waals surface area contributed by atoms with E-state index < -0.39 is 0 Å². The van der Waals surface area contributed by atoms with Gasteiger partial charge in [0.2, 0.25) is 0 Å². The average Bonchev–Trinajstić information content (AvgIpc) is 2.54. The van der Waals surface area contributed by atoms with Gasteiger partial charge in [0.25, 0.3) is 0 Å². The van der Waals surface area contributed by atoms with Gasteiger partial charge in [-0.2, -0.15) is 0 Å². The first-order valence-corrected chi connectivity index (χ1v) is 6.30. The molecule has 3 nitrogen and oxygen atoms in total. The molecule has 2 unspecified atom stereocenters. The predicted molar refractivity (Wildman–Crippen MR) is 61.0 cm³/mol. The fraction of sp³-hybridized carbons (Fsp3) is 1.00. The Morgan fingerprint density at radius 1 is 1.36 bits per heavy atom. The SMILES string of the molecule is COCCN1CCN2CC(Br)CC2C1. The fourth-order valence-electron chi connectivity index (χ4n) is 2.47. The number of methoxy groups -OCH3 is 1. The van der Waals surface area contributed by atoms with Crippen LogP contribution < -0.4 is 0 Å². The molecule has 4 heteroatoms. The van der Waals surface area contributed by atoms with Gasteiger partial charge in [-0.1, -0.05) is 15.9 Å². The van der Waals surface area contributed by atoms with Crippen molar-refractivity contribution in [3.05, 3.63) is 0 Å². The Bertz CT molecular complexity index is 191. The molecule has 2 fully saturated rings. The maximum absolute atomic E-state index is 5.11. The summed E-state index contributed by atoms with van der Waals surface area (Å²) in [5, 5.41) is 0. The molecule has 2 aliphatic rings. The van der Waals surface area contributed by atoms with Gasteiger partial charge in [0, 0.05) is 50.7 Å². The molecule has 2 rings (SSSR count). The van der Waals surface area contributed by atoms with Crippen LogP contribution >= 0.6 is 15.9 Å². The highest BCUT2D eigenvalue weighted by Gasteiger charge is 2.34. The summed E-state index contributed by atoms with van der Waals surface area (Å²) in [4.78, 5) is 5.85. The average molecular weight is 263 g/mol. The Hall–Kier alpha value is 0.360. The number of piperazine rings is 1. The number of hydrogen-bond donors (Lipinski definition) is 0. The molecule has 0 saturated carbocycles. The van der Waals surface area contributed by atoms with Crippen LogP contribution in [0.25, 0.3) is 0 Å². The molecule has 82 valence electrons. The molecule has 2 atom stereocenters. The lowest BCUT2D eigenvalue weighted by atomic mass is 10.1. The lowest BCUT2D eigenvalue weighted by Crippen LogP contribution is -2.50. The molecule has 0 aliphatic carbocycles. The van der Waals surface area contributed by atoms with Gasteiger partial charge in [0.05, 0.1) is 6.61 Å². The van der Waals surface area contributed by atoms with E-state index >= 15 is 0 Å². The standard InChI is InChI=1S/C10H19BrN2O/c1-14-5-4-12-2-3-13-7-9(11)6-10(13)8-12/h9-10H,2-8H2,1H3. The van der Waals surface area contributed by atoms with E-state index in [0.29, 0.717) is 0 Å². The molecule has 2 aliphatic heterocycles. The van der Waals surface area contributed by atoms with Crippen LogP contribution in [-0.2, 0) is 4.74 Å². The molecular formula is C10H19BrN2O. The first-order chi connectivity index (χ1) is 6.79. The van der Waals surface area contributed by atoms with Crippen molar-refractivity contribution in [3.63, 3.8) is 0 Å². The minimum atomic E-state index is 0.717. The number of fused-ring (bicyclic) bond motifs is 1. The molecule has 0 N–H and O–H groups in total. The van der Waals surface area contributed by atoms with Crippen molar-refractivity contribution in [1.29, 1.82) is 0 Å². The van der Waals surface area contributed by atoms with Crippen LogP contribution in [0.5, 0.6) is 0 Å². The molecule has 0 aromatic heterocycles. The minimum Gasteiger partial charge on any atom is -0.383 e. The van der Waals surface area contributed by atoms with Crippen LogP contribution in [0.15, 0.2) is 0 Å². The van der Waals surface area contributed by atoms with E-state index in [-0.39, 0.29) is 0 Å². The van der Waals surface area contributed by atoms with Gasteiger partial charge in [-0.3, -0.25) is 9.80 Å². The Kier molecular flexibility index (Phi) is 3.82. The van der Waals surface area contributed by atoms with E-state index in [1.54, 1.807) is 7.11 Å². The van der Waals surface area contributed by atoms with Crippen molar-refractivity contribution in [2.45, 2.75) is 17.3 Å². The number of ether oxygens (including phenoxy) is 1. The van der Waals surface area contributed by atoms with Gasteiger partial charge < -0.3 is 4.74 Å². The summed E-state index contributed by atoms with van der Waals surface area (Å²) in [6.07, 6.45) is 1.31. The maximum Gasteiger partial charge on any atom is 0.0589 e. The molecule has 14 heavy (non-hydrogen) atoms. The molecule has 0 aromatic rings. The van der Waals surface area contributed by atoms with Gasteiger partial charge in [-0.05, 0) is 6.42 Å². The summed E-state index contributed by atoms with van der Waals surface area (Å²) < 4.78 is 5.11. The Balaban J connectivity index is 1.79. The first-order valence-electron chi connectivity index (χ1n) is 5.39. The van der Waals surface area contributed by atoms with Crippen molar-refractivity contribution >= 4 is 15.9 Å². The third kappa shape index (κ3) is 2.48. The number of halogens is 1. The quantitative estimate of drug-likeness (QED) is 0.700. The Morgan fingerprint density at radius 2 is 2.21 bits per heavy atom. The van der Waals surface area contributed by atoms with Crippen molar-refractivity contribution in [2.24, 2.45) is 0 Å². The van der Waals surface area contributed by atoms with E-state index in [4.69, 9.17) is 4.74 Å². The minimum absolute atomic E-state index is 0.717. The largest absolute Gasteiger partial charge is 0.383 e. The number of nitrogens with zero attached hydrogens (tertiary/aromatic N) is 2. The molecule has 0 bridgehead atoms. The van der Waals surface area contributed by atoms with Crippen molar-refractivity contribution in [1.82, 2.24) is 9.80 Å². The summed E-state index contributed by atoms with van der Waals surface area (Å²) >= 11 is 3.72. The zero-order valence-corrected chi connectivity index (χ0v) is 10.4. The number of rotatable bonds is 3. The van der Waals surface area contributed by atoms with Gasteiger partial charge in [-0.15, -0.1) is 0 Å². The third-order valence-corrected chi connectivity index (χ3v) is 3.92. The number of hydrogen-bond acceptors (Lipinski definition) is 3. The summed E-state index contributed by atoms with van der Waals surface area (Å²) in [5.41, 5.74) is 0. The molecule has 0 spiro atoms. The van der Waals surface area contributed by atoms with Crippen LogP contribution in [0.2, 0.25) is 0 Å². The second kappa shape index (κ2) is 4.92. The lowest BCUT2D eigenvalue weighted by Gasteiger charge is -2.37. The van der Waals surface area contributed by atoms with E-state index in [0.717, 1.165) is 24.0 Å². The van der Waals surface area contributed by atoms with Gasteiger partial charge >= 0.3 is 0 Å². The van der Waals surface area contributed by atoms with Crippen LogP contribution in [0.3, 0.4) is 0 Å². The molecule has 0 aromatic carbocycles. The normalized spacial score (nSPS) is 34.7. The highest BCUT2D eigenvalue weighted by Crippen LogP contribution is 2.26. The van der Waals surface area contributed by atoms with Crippen molar-refractivity contribution in [3.8, 4) is 0 Å². The fourth-order valence-corrected chi connectivity index (χ4v) is 3.27. The van der Waals surface area contributed by atoms with Crippen molar-refractivity contribution < 1.29 is 4.74 Å². The smallest absolute Gasteiger partial charge is 0.0589 e. The summed E-state index contributed by atoms with van der Waals surface area (Å²) in [7, 11) is 1.78. The summed E-state index contributed by atoms with van der Waals surface area (Å²) in [5.74, 6) is 0. The number of alkyl halides is 1. The zero-order valence-electron chi connectivity index (χ0n) is 8.79. The monoisotopic (exact) mass is 262 g/mol. The second-order valence-electron chi connectivity index (χ2n) is 4.28. The Morgan fingerprint density at radius 3 is 3.00 bits per heavy atom. The van der Waals surface area contributed by atoms with Crippen molar-refractivity contribution in [2.75, 3.05) is 46.4 Å². The molecule has 2 saturated heterocycles. The molecule has 2 heterocycles. The van der Waals surface area contributed by atoms with Gasteiger partial charge in [-0.25, -0.2) is 0 Å². The van der Waals surface area contributed by atoms with Crippen LogP contribution in [0.1, 0.15) is 6.42 Å². The van der Waals surface area contributed by atoms with Gasteiger partial charge in [0.15, 0.2) is 0 Å². The molecular weight excluding hydrogens is 244 g/mol. The van der Waals surface area contributed by atoms with E-state index in [1.165, 1.54) is 32.6 Å². The van der Waals surface area contributed by atoms with Crippen LogP contribution in [0.4, 0.5) is 0 Å². The first kappa shape index (κ1) is 10.9. The highest BCUT2D eigenvalue weighted by molar-refractivity contribution is 9.09. The molecule has 0 amide bonds. The second-order valence-corrected chi connectivity index (χ2v) is 5.57. The highest BCUT2D eigenvalue weighted by atomic mass is 79.9. The predicted octanol–water partition coefficient (Wildman–Crippen LogP) is 0.786. The van der Waals surface area contributed by atoms with E-state index in [9.17, 15) is 0 Å². The van der Waals surface area contributed by atoms with E-state index in [1.807, 2.05) is 0 Å². The van der Waals surface area contributed by atoms with Crippen LogP contribution in [0, 0.1) is 0 Å². The summed E-state index contributed by atoms with van der Waals surface area (Å²) in [6, 6.07) is 0.782. The summed E-state index contributed by atoms with van der Waals surface area (Å²) in [6.45, 7) is 6.86. The maximum atomic E-state index is 5.11.